The van der Waals surface area contributed by atoms with Crippen molar-refractivity contribution in [1.29, 1.82) is 0 Å². The molecule has 0 amide bonds. The summed E-state index contributed by atoms with van der Waals surface area (Å²) in [6, 6.07) is 5.24. The van der Waals surface area contributed by atoms with Crippen LogP contribution in [0.5, 0.6) is 0 Å². The molecule has 0 bridgehead atoms. The van der Waals surface area contributed by atoms with Crippen LogP contribution in [0.4, 0.5) is 0 Å². The molecular formula is C14H22ClNO2S2. The van der Waals surface area contributed by atoms with Crippen molar-refractivity contribution >= 4 is 33.4 Å². The molecule has 1 aromatic rings. The second kappa shape index (κ2) is 7.69. The van der Waals surface area contributed by atoms with Gasteiger partial charge >= 0.3 is 0 Å². The normalized spacial score (nSPS) is 13.7. The lowest BCUT2D eigenvalue weighted by Gasteiger charge is -2.25. The molecule has 1 rings (SSSR count). The average molecular weight is 336 g/mol. The standard InChI is InChI=1S/C14H22ClNO2S2/c1-11(8-9-19-4)16(3)20(17,18)14-7-5-6-13(10-15)12(14)2/h5-7,11H,8-10H2,1-4H3. The second-order valence-corrected chi connectivity index (χ2v) is 8.04. The fourth-order valence-corrected chi connectivity index (χ4v) is 4.47. The first-order valence-electron chi connectivity index (χ1n) is 6.47. The fraction of sp³-hybridized carbons (Fsp3) is 0.571. The zero-order valence-electron chi connectivity index (χ0n) is 12.4. The highest BCUT2D eigenvalue weighted by Gasteiger charge is 2.27. The number of thioether (sulfide) groups is 1. The largest absolute Gasteiger partial charge is 0.243 e. The van der Waals surface area contributed by atoms with Crippen LogP contribution in [0.25, 0.3) is 0 Å². The summed E-state index contributed by atoms with van der Waals surface area (Å²) in [6.07, 6.45) is 2.86. The van der Waals surface area contributed by atoms with Gasteiger partial charge in [0.1, 0.15) is 0 Å². The van der Waals surface area contributed by atoms with Crippen LogP contribution >= 0.6 is 23.4 Å². The lowest BCUT2D eigenvalue weighted by atomic mass is 10.1. The Morgan fingerprint density at radius 3 is 2.60 bits per heavy atom. The molecule has 1 unspecified atom stereocenters. The van der Waals surface area contributed by atoms with E-state index in [0.717, 1.165) is 23.3 Å². The van der Waals surface area contributed by atoms with Crippen LogP contribution < -0.4 is 0 Å². The smallest absolute Gasteiger partial charge is 0.207 e. The summed E-state index contributed by atoms with van der Waals surface area (Å²) in [5.41, 5.74) is 1.60. The molecule has 1 aromatic carbocycles. The second-order valence-electron chi connectivity index (χ2n) is 4.83. The molecule has 0 spiro atoms. The molecule has 0 radical (unpaired) electrons. The third-order valence-electron chi connectivity index (χ3n) is 3.56. The minimum atomic E-state index is -3.47. The molecule has 6 heteroatoms. The number of nitrogens with zero attached hydrogens (tertiary/aromatic N) is 1. The molecule has 0 saturated carbocycles. The lowest BCUT2D eigenvalue weighted by molar-refractivity contribution is 0.382. The van der Waals surface area contributed by atoms with Crippen LogP contribution in [0.1, 0.15) is 24.5 Å². The zero-order valence-corrected chi connectivity index (χ0v) is 14.8. The van der Waals surface area contributed by atoms with E-state index in [1.807, 2.05) is 26.2 Å². The Labute approximate surface area is 131 Å². The van der Waals surface area contributed by atoms with Gasteiger partial charge < -0.3 is 0 Å². The van der Waals surface area contributed by atoms with E-state index in [9.17, 15) is 8.42 Å². The lowest BCUT2D eigenvalue weighted by Crippen LogP contribution is -2.35. The van der Waals surface area contributed by atoms with Crippen LogP contribution in [0, 0.1) is 6.92 Å². The van der Waals surface area contributed by atoms with Gasteiger partial charge in [-0.25, -0.2) is 8.42 Å². The fourth-order valence-electron chi connectivity index (χ4n) is 1.95. The minimum absolute atomic E-state index is 0.0218. The number of rotatable bonds is 7. The van der Waals surface area contributed by atoms with Crippen molar-refractivity contribution in [2.24, 2.45) is 0 Å². The predicted octanol–water partition coefficient (Wildman–Crippen LogP) is 3.50. The topological polar surface area (TPSA) is 37.4 Å². The Morgan fingerprint density at radius 1 is 1.40 bits per heavy atom. The van der Waals surface area contributed by atoms with Crippen molar-refractivity contribution in [3.05, 3.63) is 29.3 Å². The van der Waals surface area contributed by atoms with Crippen molar-refractivity contribution in [2.45, 2.75) is 37.1 Å². The highest BCUT2D eigenvalue weighted by atomic mass is 35.5. The highest BCUT2D eigenvalue weighted by molar-refractivity contribution is 7.98. The number of hydrogen-bond acceptors (Lipinski definition) is 3. The van der Waals surface area contributed by atoms with Crippen LogP contribution in [0.3, 0.4) is 0 Å². The number of benzene rings is 1. The van der Waals surface area contributed by atoms with Crippen molar-refractivity contribution in [2.75, 3.05) is 19.1 Å². The molecular weight excluding hydrogens is 314 g/mol. The summed E-state index contributed by atoms with van der Waals surface area (Å²) >= 11 is 7.58. The van der Waals surface area contributed by atoms with Crippen LogP contribution in [0.2, 0.25) is 0 Å². The summed E-state index contributed by atoms with van der Waals surface area (Å²) in [4.78, 5) is 0.356. The summed E-state index contributed by atoms with van der Waals surface area (Å²) < 4.78 is 26.9. The molecule has 0 aromatic heterocycles. The Morgan fingerprint density at radius 2 is 2.05 bits per heavy atom. The van der Waals surface area contributed by atoms with Gasteiger partial charge in [0.25, 0.3) is 0 Å². The maximum atomic E-state index is 12.7. The molecule has 0 heterocycles. The molecule has 1 atom stereocenters. The first kappa shape index (κ1) is 17.8. The third-order valence-corrected chi connectivity index (χ3v) is 6.61. The van der Waals surface area contributed by atoms with E-state index in [2.05, 4.69) is 0 Å². The first-order chi connectivity index (χ1) is 9.36. The van der Waals surface area contributed by atoms with Crippen LogP contribution in [-0.4, -0.2) is 37.8 Å². The van der Waals surface area contributed by atoms with E-state index in [-0.39, 0.29) is 6.04 Å². The molecule has 0 N–H and O–H groups in total. The summed E-state index contributed by atoms with van der Waals surface area (Å²) in [7, 11) is -1.82. The number of hydrogen-bond donors (Lipinski definition) is 0. The molecule has 0 aliphatic heterocycles. The van der Waals surface area contributed by atoms with Gasteiger partial charge in [-0.3, -0.25) is 0 Å². The van der Waals surface area contributed by atoms with Crippen molar-refractivity contribution in [3.63, 3.8) is 0 Å². The molecule has 0 fully saturated rings. The van der Waals surface area contributed by atoms with E-state index >= 15 is 0 Å². The van der Waals surface area contributed by atoms with E-state index < -0.39 is 10.0 Å². The van der Waals surface area contributed by atoms with Crippen molar-refractivity contribution < 1.29 is 8.42 Å². The Balaban J connectivity index is 3.10. The average Bonchev–Trinajstić information content (AvgIpc) is 2.43. The summed E-state index contributed by atoms with van der Waals surface area (Å²) in [5.74, 6) is 1.27. The van der Waals surface area contributed by atoms with Crippen LogP contribution in [-0.2, 0) is 15.9 Å². The Kier molecular flexibility index (Phi) is 6.85. The maximum absolute atomic E-state index is 12.7. The van der Waals surface area contributed by atoms with Gasteiger partial charge in [-0.1, -0.05) is 12.1 Å². The Hall–Kier alpha value is -0.230. The van der Waals surface area contributed by atoms with Gasteiger partial charge in [0.2, 0.25) is 10.0 Å². The predicted molar refractivity (Wildman–Crippen MR) is 88.1 cm³/mol. The molecule has 20 heavy (non-hydrogen) atoms. The zero-order chi connectivity index (χ0) is 15.3. The maximum Gasteiger partial charge on any atom is 0.243 e. The molecule has 114 valence electrons. The highest BCUT2D eigenvalue weighted by Crippen LogP contribution is 2.24. The number of alkyl halides is 1. The van der Waals surface area contributed by atoms with Crippen LogP contribution in [0.15, 0.2) is 23.1 Å². The molecule has 0 aliphatic carbocycles. The van der Waals surface area contributed by atoms with E-state index in [0.29, 0.717) is 10.8 Å². The monoisotopic (exact) mass is 335 g/mol. The van der Waals surface area contributed by atoms with Crippen molar-refractivity contribution in [3.8, 4) is 0 Å². The molecule has 0 saturated heterocycles. The van der Waals surface area contributed by atoms with Gasteiger partial charge in [-0.05, 0) is 49.5 Å². The summed E-state index contributed by atoms with van der Waals surface area (Å²) in [5, 5.41) is 0. The quantitative estimate of drug-likeness (QED) is 0.716. The molecule has 0 aliphatic rings. The van der Waals surface area contributed by atoms with Gasteiger partial charge in [0.05, 0.1) is 4.90 Å². The van der Waals surface area contributed by atoms with Gasteiger partial charge in [0, 0.05) is 19.0 Å². The van der Waals surface area contributed by atoms with E-state index in [1.165, 1.54) is 4.31 Å². The van der Waals surface area contributed by atoms with E-state index in [1.54, 1.807) is 30.9 Å². The van der Waals surface area contributed by atoms with Crippen molar-refractivity contribution in [1.82, 2.24) is 4.31 Å². The summed E-state index contributed by atoms with van der Waals surface area (Å²) in [6.45, 7) is 3.75. The number of sulfonamides is 1. The van der Waals surface area contributed by atoms with Gasteiger partial charge in [-0.2, -0.15) is 16.1 Å². The third kappa shape index (κ3) is 3.91. The SMILES string of the molecule is CSCCC(C)N(C)S(=O)(=O)c1cccc(CCl)c1C. The minimum Gasteiger partial charge on any atom is -0.207 e. The van der Waals surface area contributed by atoms with E-state index in [4.69, 9.17) is 11.6 Å². The molecule has 3 nitrogen and oxygen atoms in total. The van der Waals surface area contributed by atoms with Gasteiger partial charge in [0.15, 0.2) is 0 Å². The number of halogens is 1. The van der Waals surface area contributed by atoms with Gasteiger partial charge in [-0.15, -0.1) is 11.6 Å². The Bertz CT molecular complexity index is 546. The first-order valence-corrected chi connectivity index (χ1v) is 9.84.